The van der Waals surface area contributed by atoms with Crippen LogP contribution in [-0.4, -0.2) is 31.2 Å². The van der Waals surface area contributed by atoms with Crippen molar-refractivity contribution in [3.63, 3.8) is 0 Å². The van der Waals surface area contributed by atoms with E-state index in [-0.39, 0.29) is 0 Å². The van der Waals surface area contributed by atoms with Crippen molar-refractivity contribution >= 4 is 39.2 Å². The van der Waals surface area contributed by atoms with E-state index in [1.165, 1.54) is 7.11 Å². The third-order valence-electron chi connectivity index (χ3n) is 2.89. The molecule has 12 heteroatoms. The Kier molecular flexibility index (Phi) is 7.32. The van der Waals surface area contributed by atoms with Crippen LogP contribution in [0.15, 0.2) is 57.6 Å². The molecule has 2 rings (SSSR count). The van der Waals surface area contributed by atoms with Crippen molar-refractivity contribution in [1.29, 1.82) is 0 Å². The fourth-order valence-corrected chi connectivity index (χ4v) is 2.57. The van der Waals surface area contributed by atoms with E-state index in [0.29, 0.717) is 27.7 Å². The van der Waals surface area contributed by atoms with Gasteiger partial charge >= 0.3 is 0 Å². The molecular formula is C14H15N3O7S2. The molecule has 0 unspecified atom stereocenters. The molecule has 0 radical (unpaired) electrons. The molecule has 0 saturated heterocycles. The van der Waals surface area contributed by atoms with Crippen molar-refractivity contribution < 1.29 is 32.3 Å². The summed E-state index contributed by atoms with van der Waals surface area (Å²) in [4.78, 5) is 0.637. The molecule has 140 valence electrons. The van der Waals surface area contributed by atoms with Gasteiger partial charge in [-0.25, -0.2) is 5.26 Å². The minimum Gasteiger partial charge on any atom is -0.495 e. The number of hydrogen-bond donors (Lipinski definition) is 3. The van der Waals surface area contributed by atoms with Gasteiger partial charge in [-0.1, -0.05) is 11.1 Å². The Bertz CT molecular complexity index is 875. The Morgan fingerprint density at radius 2 is 1.88 bits per heavy atom. The summed E-state index contributed by atoms with van der Waals surface area (Å²) >= 11 is 0.800. The lowest BCUT2D eigenvalue weighted by Crippen LogP contribution is -2.13. The highest BCUT2D eigenvalue weighted by atomic mass is 32.2. The number of benzene rings is 2. The van der Waals surface area contributed by atoms with Crippen LogP contribution in [0.2, 0.25) is 0 Å². The number of nitrogens with one attached hydrogen (secondary N) is 1. The SMILES string of the molecule is COc1cc(N=Nc2cccc(SOOO)c2)ccc1NCS(=O)(=O)O. The van der Waals surface area contributed by atoms with E-state index >= 15 is 0 Å². The van der Waals surface area contributed by atoms with Crippen LogP contribution in [0.1, 0.15) is 0 Å². The van der Waals surface area contributed by atoms with E-state index in [9.17, 15) is 8.42 Å². The topological polar surface area (TPSA) is 139 Å². The Morgan fingerprint density at radius 1 is 1.15 bits per heavy atom. The largest absolute Gasteiger partial charge is 0.495 e. The quantitative estimate of drug-likeness (QED) is 0.188. The van der Waals surface area contributed by atoms with Crippen LogP contribution in [0.5, 0.6) is 5.75 Å². The molecule has 26 heavy (non-hydrogen) atoms. The minimum absolute atomic E-state index is 0.336. The van der Waals surface area contributed by atoms with Crippen LogP contribution in [-0.2, 0) is 19.5 Å². The van der Waals surface area contributed by atoms with Gasteiger partial charge in [-0.2, -0.15) is 18.6 Å². The van der Waals surface area contributed by atoms with Crippen molar-refractivity contribution in [3.8, 4) is 5.75 Å². The zero-order valence-electron chi connectivity index (χ0n) is 13.4. The fraction of sp³-hybridized carbons (Fsp3) is 0.143. The van der Waals surface area contributed by atoms with Gasteiger partial charge in [-0.15, -0.1) is 4.33 Å². The predicted molar refractivity (Wildman–Crippen MR) is 94.3 cm³/mol. The van der Waals surface area contributed by atoms with Gasteiger partial charge in [0.05, 0.1) is 36.2 Å². The van der Waals surface area contributed by atoms with Crippen LogP contribution >= 0.6 is 12.0 Å². The monoisotopic (exact) mass is 401 g/mol. The molecule has 0 amide bonds. The summed E-state index contributed by atoms with van der Waals surface area (Å²) in [6, 6.07) is 11.5. The first kappa shape index (κ1) is 20.1. The lowest BCUT2D eigenvalue weighted by molar-refractivity contribution is -0.432. The molecule has 0 aliphatic rings. The zero-order valence-corrected chi connectivity index (χ0v) is 15.0. The van der Waals surface area contributed by atoms with Crippen molar-refractivity contribution in [3.05, 3.63) is 42.5 Å². The average molecular weight is 401 g/mol. The van der Waals surface area contributed by atoms with Crippen molar-refractivity contribution in [2.75, 3.05) is 18.3 Å². The Hall–Kier alpha value is -2.22. The number of ether oxygens (including phenoxy) is 1. The molecule has 0 saturated carbocycles. The molecule has 10 nitrogen and oxygen atoms in total. The van der Waals surface area contributed by atoms with Crippen molar-refractivity contribution in [2.24, 2.45) is 10.2 Å². The number of hydrogen-bond acceptors (Lipinski definition) is 10. The maximum atomic E-state index is 10.8. The van der Waals surface area contributed by atoms with Crippen LogP contribution < -0.4 is 10.1 Å². The lowest BCUT2D eigenvalue weighted by atomic mass is 10.2. The Balaban J connectivity index is 2.13. The highest BCUT2D eigenvalue weighted by Crippen LogP contribution is 2.31. The summed E-state index contributed by atoms with van der Waals surface area (Å²) in [7, 11) is -2.74. The predicted octanol–water partition coefficient (Wildman–Crippen LogP) is 3.80. The molecule has 0 bridgehead atoms. The number of rotatable bonds is 9. The summed E-state index contributed by atoms with van der Waals surface area (Å²) in [6.07, 6.45) is 0. The molecule has 0 aromatic heterocycles. The highest BCUT2D eigenvalue weighted by molar-refractivity contribution is 7.94. The molecule has 0 heterocycles. The molecular weight excluding hydrogens is 386 g/mol. The van der Waals surface area contributed by atoms with Crippen molar-refractivity contribution in [2.45, 2.75) is 4.90 Å². The van der Waals surface area contributed by atoms with Gasteiger partial charge in [0.15, 0.2) is 0 Å². The van der Waals surface area contributed by atoms with Gasteiger partial charge in [-0.05, 0) is 30.3 Å². The van der Waals surface area contributed by atoms with Gasteiger partial charge in [0.2, 0.25) is 0 Å². The fourth-order valence-electron chi connectivity index (χ4n) is 1.82. The summed E-state index contributed by atoms with van der Waals surface area (Å²) in [5.41, 5.74) is 1.37. The summed E-state index contributed by atoms with van der Waals surface area (Å²) in [5.74, 6) is -0.309. The van der Waals surface area contributed by atoms with Gasteiger partial charge in [0.1, 0.15) is 11.6 Å². The van der Waals surface area contributed by atoms with Gasteiger partial charge in [0.25, 0.3) is 10.1 Å². The molecule has 2 aromatic carbocycles. The van der Waals surface area contributed by atoms with Crippen LogP contribution in [0.4, 0.5) is 17.1 Å². The van der Waals surface area contributed by atoms with Gasteiger partial charge < -0.3 is 10.1 Å². The Labute approximate surface area is 153 Å². The first-order valence-corrected chi connectivity index (χ1v) is 9.30. The standard InChI is InChI=1S/C14H15N3O7S2/c1-22-14-8-11(5-6-13(14)15-9-26(19,20)21)17-16-10-3-2-4-12(7-10)25-24-23-18/h2-8,15,18H,9H2,1H3,(H,19,20,21). The van der Waals surface area contributed by atoms with Crippen LogP contribution in [0.25, 0.3) is 0 Å². The molecule has 0 aliphatic carbocycles. The maximum Gasteiger partial charge on any atom is 0.283 e. The molecule has 0 spiro atoms. The average Bonchev–Trinajstić information content (AvgIpc) is 2.63. The maximum absolute atomic E-state index is 10.8. The summed E-state index contributed by atoms with van der Waals surface area (Å²) < 4.78 is 39.9. The van der Waals surface area contributed by atoms with E-state index in [1.807, 2.05) is 0 Å². The summed E-state index contributed by atoms with van der Waals surface area (Å²) in [6.45, 7) is 0. The van der Waals surface area contributed by atoms with Crippen LogP contribution in [0.3, 0.4) is 0 Å². The first-order chi connectivity index (χ1) is 12.4. The van der Waals surface area contributed by atoms with Gasteiger partial charge in [0, 0.05) is 11.0 Å². The van der Waals surface area contributed by atoms with E-state index in [4.69, 9.17) is 14.5 Å². The van der Waals surface area contributed by atoms with E-state index in [1.54, 1.807) is 42.5 Å². The molecule has 0 fully saturated rings. The Morgan fingerprint density at radius 3 is 2.54 bits per heavy atom. The normalized spacial score (nSPS) is 11.7. The zero-order chi connectivity index (χ0) is 19.0. The molecule has 2 aromatic rings. The minimum atomic E-state index is -4.16. The second kappa shape index (κ2) is 9.47. The number of azo groups is 1. The molecule has 0 aliphatic heterocycles. The van der Waals surface area contributed by atoms with Crippen LogP contribution in [0, 0.1) is 0 Å². The smallest absolute Gasteiger partial charge is 0.283 e. The highest BCUT2D eigenvalue weighted by Gasteiger charge is 2.08. The third kappa shape index (κ3) is 6.59. The third-order valence-corrected chi connectivity index (χ3v) is 3.97. The van der Waals surface area contributed by atoms with Gasteiger partial charge in [-0.3, -0.25) is 4.55 Å². The molecule has 3 N–H and O–H groups in total. The first-order valence-electron chi connectivity index (χ1n) is 6.95. The lowest BCUT2D eigenvalue weighted by Gasteiger charge is -2.10. The van der Waals surface area contributed by atoms with E-state index < -0.39 is 16.0 Å². The van der Waals surface area contributed by atoms with Crippen molar-refractivity contribution in [1.82, 2.24) is 0 Å². The number of methoxy groups -OCH3 is 1. The second-order valence-corrected chi connectivity index (χ2v) is 6.94. The molecule has 0 atom stereocenters. The number of nitrogens with zero attached hydrogens (tertiary/aromatic N) is 2. The number of anilines is 1. The van der Waals surface area contributed by atoms with E-state index in [0.717, 1.165) is 12.0 Å². The second-order valence-electron chi connectivity index (χ2n) is 4.71. The van der Waals surface area contributed by atoms with E-state index in [2.05, 4.69) is 24.9 Å². The summed E-state index contributed by atoms with van der Waals surface area (Å²) in [5, 5.41) is 22.4.